The number of esters is 1. The van der Waals surface area contributed by atoms with Gasteiger partial charge in [-0.3, -0.25) is 0 Å². The zero-order chi connectivity index (χ0) is 19.1. The summed E-state index contributed by atoms with van der Waals surface area (Å²) in [7, 11) is 0. The highest BCUT2D eigenvalue weighted by molar-refractivity contribution is 6.32. The van der Waals surface area contributed by atoms with Crippen LogP contribution in [0.15, 0.2) is 42.0 Å². The van der Waals surface area contributed by atoms with Gasteiger partial charge in [-0.2, -0.15) is 5.26 Å². The molecule has 0 saturated carbocycles. The highest BCUT2D eigenvalue weighted by Crippen LogP contribution is 2.26. The summed E-state index contributed by atoms with van der Waals surface area (Å²) < 4.78 is 10.8. The minimum atomic E-state index is -0.708. The van der Waals surface area contributed by atoms with E-state index >= 15 is 0 Å². The number of hydrogen-bond donors (Lipinski definition) is 0. The molecule has 0 unspecified atom stereocenters. The second-order valence-corrected chi connectivity index (χ2v) is 6.23. The lowest BCUT2D eigenvalue weighted by molar-refractivity contribution is -0.129. The van der Waals surface area contributed by atoms with Crippen LogP contribution in [0.25, 0.3) is 6.08 Å². The summed E-state index contributed by atoms with van der Waals surface area (Å²) in [4.78, 5) is 12.3. The van der Waals surface area contributed by atoms with Crippen molar-refractivity contribution in [2.24, 2.45) is 0 Å². The first-order chi connectivity index (χ1) is 12.4. The summed E-state index contributed by atoms with van der Waals surface area (Å²) >= 11 is 6.11. The van der Waals surface area contributed by atoms with Crippen molar-refractivity contribution in [3.63, 3.8) is 0 Å². The molecule has 0 saturated heterocycles. The molecule has 0 aliphatic rings. The molecule has 0 fully saturated rings. The van der Waals surface area contributed by atoms with Crippen LogP contribution in [0.4, 0.5) is 0 Å². The van der Waals surface area contributed by atoms with E-state index in [1.165, 1.54) is 6.08 Å². The summed E-state index contributed by atoms with van der Waals surface area (Å²) in [5.74, 6) is 0.399. The highest BCUT2D eigenvalue weighted by atomic mass is 35.5. The molecule has 26 heavy (non-hydrogen) atoms. The summed E-state index contributed by atoms with van der Waals surface area (Å²) in [5.41, 5.74) is 2.24. The van der Waals surface area contributed by atoms with Gasteiger partial charge in [-0.15, -0.1) is 0 Å². The molecule has 0 amide bonds. The quantitative estimate of drug-likeness (QED) is 0.301. The fourth-order valence-electron chi connectivity index (χ4n) is 2.31. The van der Waals surface area contributed by atoms with E-state index in [0.29, 0.717) is 22.9 Å². The predicted molar refractivity (Wildman–Crippen MR) is 102 cm³/mol. The van der Waals surface area contributed by atoms with Gasteiger partial charge >= 0.3 is 5.97 Å². The minimum absolute atomic E-state index is 0.0857. The van der Waals surface area contributed by atoms with Crippen LogP contribution in [0.5, 0.6) is 11.5 Å². The van der Waals surface area contributed by atoms with Gasteiger partial charge in [-0.25, -0.2) is 4.79 Å². The number of carbonyl (C=O) groups is 1. The molecular weight excluding hydrogens is 350 g/mol. The lowest BCUT2D eigenvalue weighted by Crippen LogP contribution is -2.10. The molecule has 0 aromatic heterocycles. The number of ether oxygens (including phenoxy) is 2. The van der Waals surface area contributed by atoms with Gasteiger partial charge in [0.05, 0.1) is 6.61 Å². The number of hydrogen-bond acceptors (Lipinski definition) is 4. The van der Waals surface area contributed by atoms with Gasteiger partial charge in [0, 0.05) is 5.02 Å². The van der Waals surface area contributed by atoms with Crippen molar-refractivity contribution in [2.75, 3.05) is 6.61 Å². The van der Waals surface area contributed by atoms with Crippen molar-refractivity contribution in [2.45, 2.75) is 27.2 Å². The highest BCUT2D eigenvalue weighted by Gasteiger charge is 2.13. The molecule has 2 rings (SSSR count). The maximum atomic E-state index is 12.3. The molecular formula is C21H20ClNO3. The van der Waals surface area contributed by atoms with Gasteiger partial charge in [0.1, 0.15) is 23.1 Å². The second kappa shape index (κ2) is 9.07. The average molecular weight is 370 g/mol. The normalized spacial score (nSPS) is 11.0. The van der Waals surface area contributed by atoms with E-state index < -0.39 is 5.97 Å². The number of carbonyl (C=O) groups excluding carboxylic acids is 1. The maximum absolute atomic E-state index is 12.3. The van der Waals surface area contributed by atoms with Crippen molar-refractivity contribution in [3.05, 3.63) is 63.7 Å². The van der Waals surface area contributed by atoms with E-state index in [-0.39, 0.29) is 5.57 Å². The molecule has 0 spiro atoms. The van der Waals surface area contributed by atoms with E-state index in [1.54, 1.807) is 36.4 Å². The monoisotopic (exact) mass is 369 g/mol. The number of nitrogens with zero attached hydrogens (tertiary/aromatic N) is 1. The van der Waals surface area contributed by atoms with Crippen LogP contribution in [0.2, 0.25) is 5.02 Å². The Kier molecular flexibility index (Phi) is 6.82. The van der Waals surface area contributed by atoms with E-state index in [4.69, 9.17) is 21.1 Å². The van der Waals surface area contributed by atoms with Crippen molar-refractivity contribution < 1.29 is 14.3 Å². The topological polar surface area (TPSA) is 59.3 Å². The smallest absolute Gasteiger partial charge is 0.354 e. The van der Waals surface area contributed by atoms with Crippen molar-refractivity contribution in [1.82, 2.24) is 0 Å². The summed E-state index contributed by atoms with van der Waals surface area (Å²) in [6.45, 7) is 6.34. The minimum Gasteiger partial charge on any atom is -0.494 e. The largest absolute Gasteiger partial charge is 0.494 e. The lowest BCUT2D eigenvalue weighted by atomic mass is 10.1. The third kappa shape index (κ3) is 5.11. The third-order valence-corrected chi connectivity index (χ3v) is 4.22. The van der Waals surface area contributed by atoms with Crippen molar-refractivity contribution in [1.29, 1.82) is 5.26 Å². The Morgan fingerprint density at radius 3 is 2.31 bits per heavy atom. The fourth-order valence-corrected chi connectivity index (χ4v) is 2.42. The Balaban J connectivity index is 2.15. The van der Waals surface area contributed by atoms with Crippen molar-refractivity contribution >= 4 is 23.6 Å². The first-order valence-electron chi connectivity index (χ1n) is 8.28. The van der Waals surface area contributed by atoms with Gasteiger partial charge in [0.2, 0.25) is 0 Å². The van der Waals surface area contributed by atoms with Gasteiger partial charge in [-0.1, -0.05) is 30.7 Å². The molecule has 0 radical (unpaired) electrons. The molecule has 0 heterocycles. The van der Waals surface area contributed by atoms with Gasteiger partial charge < -0.3 is 9.47 Å². The Morgan fingerprint density at radius 2 is 1.77 bits per heavy atom. The van der Waals surface area contributed by atoms with Crippen LogP contribution in [0.1, 0.15) is 30.0 Å². The molecule has 4 nitrogen and oxygen atoms in total. The Hall–Kier alpha value is -2.77. The van der Waals surface area contributed by atoms with Crippen LogP contribution >= 0.6 is 11.6 Å². The number of aryl methyl sites for hydroxylation is 2. The van der Waals surface area contributed by atoms with Crippen LogP contribution in [0, 0.1) is 25.2 Å². The van der Waals surface area contributed by atoms with Gasteiger partial charge in [-0.05, 0) is 67.3 Å². The molecule has 0 aliphatic heterocycles. The summed E-state index contributed by atoms with van der Waals surface area (Å²) in [5, 5.41) is 9.93. The number of rotatable bonds is 6. The number of halogens is 1. The Labute approximate surface area is 158 Å². The standard InChI is InChI=1S/C21H20ClNO3/c1-4-9-25-18-7-5-16(6-8-18)12-17(13-23)21(24)26-19-10-14(2)20(22)15(3)11-19/h5-8,10-12H,4,9H2,1-3H3/b17-12+. The molecule has 0 N–H and O–H groups in total. The fraction of sp³-hybridized carbons (Fsp3) is 0.238. The second-order valence-electron chi connectivity index (χ2n) is 5.85. The van der Waals surface area contributed by atoms with E-state index in [2.05, 4.69) is 0 Å². The number of benzene rings is 2. The lowest BCUT2D eigenvalue weighted by Gasteiger charge is -2.08. The molecule has 5 heteroatoms. The van der Waals surface area contributed by atoms with Crippen LogP contribution in [-0.2, 0) is 4.79 Å². The molecule has 2 aromatic rings. The van der Waals surface area contributed by atoms with Crippen LogP contribution in [-0.4, -0.2) is 12.6 Å². The molecule has 0 aliphatic carbocycles. The van der Waals surface area contributed by atoms with Crippen molar-refractivity contribution in [3.8, 4) is 17.6 Å². The Morgan fingerprint density at radius 1 is 1.15 bits per heavy atom. The van der Waals surface area contributed by atoms with Gasteiger partial charge in [0.15, 0.2) is 0 Å². The first-order valence-corrected chi connectivity index (χ1v) is 8.66. The zero-order valence-corrected chi connectivity index (χ0v) is 15.8. The summed E-state index contributed by atoms with van der Waals surface area (Å²) in [6.07, 6.45) is 2.41. The molecule has 0 atom stereocenters. The molecule has 2 aromatic carbocycles. The molecule has 0 bridgehead atoms. The number of nitriles is 1. The van der Waals surface area contributed by atoms with E-state index in [1.807, 2.05) is 26.8 Å². The SMILES string of the molecule is CCCOc1ccc(/C=C(\C#N)C(=O)Oc2cc(C)c(Cl)c(C)c2)cc1. The van der Waals surface area contributed by atoms with Crippen LogP contribution < -0.4 is 9.47 Å². The summed E-state index contributed by atoms with van der Waals surface area (Å²) in [6, 6.07) is 12.4. The van der Waals surface area contributed by atoms with E-state index in [9.17, 15) is 10.1 Å². The predicted octanol–water partition coefficient (Wildman–Crippen LogP) is 5.26. The zero-order valence-electron chi connectivity index (χ0n) is 15.0. The maximum Gasteiger partial charge on any atom is 0.354 e. The van der Waals surface area contributed by atoms with Gasteiger partial charge in [0.25, 0.3) is 0 Å². The first kappa shape index (κ1) is 19.6. The Bertz CT molecular complexity index is 841. The molecule has 134 valence electrons. The van der Waals surface area contributed by atoms with Crippen LogP contribution in [0.3, 0.4) is 0 Å². The third-order valence-electron chi connectivity index (χ3n) is 3.62. The van der Waals surface area contributed by atoms with E-state index in [0.717, 1.165) is 23.3 Å². The average Bonchev–Trinajstić information content (AvgIpc) is 2.63.